The van der Waals surface area contributed by atoms with Gasteiger partial charge in [0, 0.05) is 11.8 Å². The molecule has 118 valence electrons. The minimum Gasteiger partial charge on any atom is -0.491 e. The molecule has 0 fully saturated rings. The van der Waals surface area contributed by atoms with E-state index in [1.54, 1.807) is 11.3 Å². The minimum atomic E-state index is -0.0222. The van der Waals surface area contributed by atoms with Gasteiger partial charge in [-0.3, -0.25) is 4.79 Å². The number of aryl methyl sites for hydroxylation is 3. The van der Waals surface area contributed by atoms with Crippen LogP contribution >= 0.6 is 11.3 Å². The Morgan fingerprint density at radius 3 is 2.68 bits per heavy atom. The van der Waals surface area contributed by atoms with Crippen LogP contribution in [0.3, 0.4) is 0 Å². The normalized spacial score (nSPS) is 12.0. The zero-order valence-corrected chi connectivity index (χ0v) is 14.1. The lowest BCUT2D eigenvalue weighted by Gasteiger charge is -2.15. The van der Waals surface area contributed by atoms with Crippen molar-refractivity contribution in [2.24, 2.45) is 0 Å². The first-order valence-electron chi connectivity index (χ1n) is 7.43. The molecule has 1 unspecified atom stereocenters. The molecule has 1 aromatic heterocycles. The molecule has 4 nitrogen and oxygen atoms in total. The van der Waals surface area contributed by atoms with Gasteiger partial charge < -0.3 is 10.1 Å². The van der Waals surface area contributed by atoms with Crippen molar-refractivity contribution in [2.45, 2.75) is 39.7 Å². The Balaban J connectivity index is 1.68. The second-order valence-corrected chi connectivity index (χ2v) is 6.51. The number of rotatable bonds is 7. The third-order valence-corrected chi connectivity index (χ3v) is 4.03. The smallest absolute Gasteiger partial charge is 0.220 e. The largest absolute Gasteiger partial charge is 0.491 e. The van der Waals surface area contributed by atoms with Crippen LogP contribution in [0, 0.1) is 13.8 Å². The number of thiazole rings is 1. The number of amides is 1. The zero-order chi connectivity index (χ0) is 15.9. The standard InChI is InChI=1S/C17H22N2O2S/c1-12-4-7-16(8-5-12)21-10-13(2)18-17(20)9-6-15-11-22-14(3)19-15/h4-5,7-8,11,13H,6,9-10H2,1-3H3,(H,18,20). The van der Waals surface area contributed by atoms with Gasteiger partial charge in [0.1, 0.15) is 12.4 Å². The fraction of sp³-hybridized carbons (Fsp3) is 0.412. The summed E-state index contributed by atoms with van der Waals surface area (Å²) in [5.41, 5.74) is 2.19. The quantitative estimate of drug-likeness (QED) is 0.852. The molecule has 0 radical (unpaired) electrons. The number of hydrogen-bond acceptors (Lipinski definition) is 4. The summed E-state index contributed by atoms with van der Waals surface area (Å²) in [4.78, 5) is 16.3. The van der Waals surface area contributed by atoms with E-state index in [1.807, 2.05) is 50.4 Å². The Kier molecular flexibility index (Phi) is 5.95. The summed E-state index contributed by atoms with van der Waals surface area (Å²) in [7, 11) is 0. The van der Waals surface area contributed by atoms with E-state index in [0.29, 0.717) is 19.4 Å². The van der Waals surface area contributed by atoms with Crippen LogP contribution in [0.1, 0.15) is 29.6 Å². The Morgan fingerprint density at radius 1 is 1.32 bits per heavy atom. The average Bonchev–Trinajstić information content (AvgIpc) is 2.90. The van der Waals surface area contributed by atoms with Crippen LogP contribution in [0.4, 0.5) is 0 Å². The highest BCUT2D eigenvalue weighted by molar-refractivity contribution is 7.09. The fourth-order valence-corrected chi connectivity index (χ4v) is 2.66. The molecule has 2 rings (SSSR count). The number of hydrogen-bond donors (Lipinski definition) is 1. The van der Waals surface area contributed by atoms with Gasteiger partial charge in [0.15, 0.2) is 0 Å². The van der Waals surface area contributed by atoms with Crippen molar-refractivity contribution >= 4 is 17.2 Å². The van der Waals surface area contributed by atoms with Crippen molar-refractivity contribution in [3.8, 4) is 5.75 Å². The molecule has 0 aliphatic carbocycles. The topological polar surface area (TPSA) is 51.2 Å². The Morgan fingerprint density at radius 2 is 2.05 bits per heavy atom. The average molecular weight is 318 g/mol. The zero-order valence-electron chi connectivity index (χ0n) is 13.3. The van der Waals surface area contributed by atoms with Crippen molar-refractivity contribution < 1.29 is 9.53 Å². The second-order valence-electron chi connectivity index (χ2n) is 5.45. The number of benzene rings is 1. The van der Waals surface area contributed by atoms with Crippen molar-refractivity contribution in [1.29, 1.82) is 0 Å². The highest BCUT2D eigenvalue weighted by Gasteiger charge is 2.09. The lowest BCUT2D eigenvalue weighted by molar-refractivity contribution is -0.121. The summed E-state index contributed by atoms with van der Waals surface area (Å²) in [5, 5.41) is 5.99. The lowest BCUT2D eigenvalue weighted by Crippen LogP contribution is -2.36. The number of carbonyl (C=O) groups excluding carboxylic acids is 1. The van der Waals surface area contributed by atoms with Crippen LogP contribution in [0.15, 0.2) is 29.6 Å². The molecule has 5 heteroatoms. The number of nitrogens with one attached hydrogen (secondary N) is 1. The monoisotopic (exact) mass is 318 g/mol. The maximum Gasteiger partial charge on any atom is 0.220 e. The molecule has 0 aliphatic heterocycles. The van der Waals surface area contributed by atoms with E-state index in [4.69, 9.17) is 4.74 Å². The molecule has 22 heavy (non-hydrogen) atoms. The molecule has 0 bridgehead atoms. The van der Waals surface area contributed by atoms with E-state index in [-0.39, 0.29) is 11.9 Å². The van der Waals surface area contributed by atoms with Crippen LogP contribution in [0.5, 0.6) is 5.75 Å². The lowest BCUT2D eigenvalue weighted by atomic mass is 10.2. The minimum absolute atomic E-state index is 0.0222. The van der Waals surface area contributed by atoms with Gasteiger partial charge in [0.25, 0.3) is 0 Å². The number of carbonyl (C=O) groups is 1. The van der Waals surface area contributed by atoms with Gasteiger partial charge >= 0.3 is 0 Å². The number of ether oxygens (including phenoxy) is 1. The van der Waals surface area contributed by atoms with Gasteiger partial charge in [0.2, 0.25) is 5.91 Å². The van der Waals surface area contributed by atoms with Gasteiger partial charge in [-0.25, -0.2) is 4.98 Å². The third-order valence-electron chi connectivity index (χ3n) is 3.20. The van der Waals surface area contributed by atoms with Gasteiger partial charge in [0.05, 0.1) is 16.7 Å². The molecule has 1 heterocycles. The first-order valence-corrected chi connectivity index (χ1v) is 8.31. The van der Waals surface area contributed by atoms with E-state index in [9.17, 15) is 4.79 Å². The van der Waals surface area contributed by atoms with E-state index < -0.39 is 0 Å². The number of aromatic nitrogens is 1. The molecule has 0 saturated carbocycles. The summed E-state index contributed by atoms with van der Waals surface area (Å²) in [6.07, 6.45) is 1.14. The molecule has 1 atom stereocenters. The molecule has 0 spiro atoms. The Hall–Kier alpha value is -1.88. The predicted molar refractivity (Wildman–Crippen MR) is 89.5 cm³/mol. The molecule has 1 amide bonds. The Bertz CT molecular complexity index is 607. The van der Waals surface area contributed by atoms with Crippen LogP contribution < -0.4 is 10.1 Å². The molecule has 2 aromatic rings. The van der Waals surface area contributed by atoms with E-state index in [2.05, 4.69) is 10.3 Å². The van der Waals surface area contributed by atoms with E-state index >= 15 is 0 Å². The van der Waals surface area contributed by atoms with E-state index in [0.717, 1.165) is 16.5 Å². The van der Waals surface area contributed by atoms with Crippen LogP contribution in [0.2, 0.25) is 0 Å². The molecular formula is C17H22N2O2S. The summed E-state index contributed by atoms with van der Waals surface area (Å²) < 4.78 is 5.66. The van der Waals surface area contributed by atoms with E-state index in [1.165, 1.54) is 5.56 Å². The first kappa shape index (κ1) is 16.5. The number of nitrogens with zero attached hydrogens (tertiary/aromatic N) is 1. The van der Waals surface area contributed by atoms with Crippen LogP contribution in [-0.4, -0.2) is 23.5 Å². The molecule has 1 N–H and O–H groups in total. The van der Waals surface area contributed by atoms with Gasteiger partial charge in [-0.1, -0.05) is 17.7 Å². The van der Waals surface area contributed by atoms with Crippen molar-refractivity contribution in [3.05, 3.63) is 45.9 Å². The predicted octanol–water partition coefficient (Wildman–Crippen LogP) is 3.28. The SMILES string of the molecule is Cc1ccc(OCC(C)NC(=O)CCc2csc(C)n2)cc1. The highest BCUT2D eigenvalue weighted by atomic mass is 32.1. The Labute approximate surface area is 135 Å². The maximum absolute atomic E-state index is 11.9. The highest BCUT2D eigenvalue weighted by Crippen LogP contribution is 2.12. The summed E-state index contributed by atoms with van der Waals surface area (Å²) in [6, 6.07) is 7.87. The third kappa shape index (κ3) is 5.48. The van der Waals surface area contributed by atoms with Crippen molar-refractivity contribution in [3.63, 3.8) is 0 Å². The second kappa shape index (κ2) is 7.94. The van der Waals surface area contributed by atoms with Gasteiger partial charge in [-0.15, -0.1) is 11.3 Å². The van der Waals surface area contributed by atoms with Gasteiger partial charge in [-0.2, -0.15) is 0 Å². The molecular weight excluding hydrogens is 296 g/mol. The molecule has 0 aliphatic rings. The summed E-state index contributed by atoms with van der Waals surface area (Å²) in [6.45, 7) is 6.42. The van der Waals surface area contributed by atoms with Gasteiger partial charge in [-0.05, 0) is 39.3 Å². The van der Waals surface area contributed by atoms with Crippen LogP contribution in [0.25, 0.3) is 0 Å². The van der Waals surface area contributed by atoms with Crippen LogP contribution in [-0.2, 0) is 11.2 Å². The summed E-state index contributed by atoms with van der Waals surface area (Å²) in [5.74, 6) is 0.857. The molecule has 0 saturated heterocycles. The molecule has 1 aromatic carbocycles. The fourth-order valence-electron chi connectivity index (χ4n) is 2.01. The van der Waals surface area contributed by atoms with Crippen molar-refractivity contribution in [2.75, 3.05) is 6.61 Å². The first-order chi connectivity index (χ1) is 10.5. The van der Waals surface area contributed by atoms with Crippen molar-refractivity contribution in [1.82, 2.24) is 10.3 Å². The summed E-state index contributed by atoms with van der Waals surface area (Å²) >= 11 is 1.61. The maximum atomic E-state index is 11.9.